The lowest BCUT2D eigenvalue weighted by Crippen LogP contribution is -2.29. The number of hydrogen-bond donors (Lipinski definition) is 0. The maximum Gasteiger partial charge on any atom is 0.416 e. The number of aromatic nitrogens is 1. The predicted octanol–water partition coefficient (Wildman–Crippen LogP) is 9.29. The summed E-state index contributed by atoms with van der Waals surface area (Å²) in [6.07, 6.45) is -9.47. The number of hydrogen-bond acceptors (Lipinski definition) is 2. The SMILES string of the molecule is O=C1c2cccc(-n3c4cc(C(F)(F)F)ccc4c4ccc(C(F)(F)F)cc43)c2C(=O)N1c1ccc(-c2ccccc2)cc1. The molecular weight excluding hydrogens is 582 g/mol. The van der Waals surface area contributed by atoms with Gasteiger partial charge in [-0.3, -0.25) is 9.59 Å². The normalized spacial score (nSPS) is 13.7. The van der Waals surface area contributed by atoms with Crippen LogP contribution in [-0.4, -0.2) is 16.4 Å². The highest BCUT2D eigenvalue weighted by Gasteiger charge is 2.40. The van der Waals surface area contributed by atoms with Crippen LogP contribution in [0.25, 0.3) is 38.6 Å². The zero-order valence-electron chi connectivity index (χ0n) is 22.4. The molecule has 1 aliphatic heterocycles. The van der Waals surface area contributed by atoms with Gasteiger partial charge in [0.2, 0.25) is 0 Å². The molecule has 0 bridgehead atoms. The summed E-state index contributed by atoms with van der Waals surface area (Å²) in [6, 6.07) is 26.2. The summed E-state index contributed by atoms with van der Waals surface area (Å²) in [5.74, 6) is -1.41. The molecule has 0 aliphatic carbocycles. The molecule has 1 aliphatic rings. The van der Waals surface area contributed by atoms with Crippen molar-refractivity contribution in [2.45, 2.75) is 12.4 Å². The quantitative estimate of drug-likeness (QED) is 0.150. The topological polar surface area (TPSA) is 42.3 Å². The van der Waals surface area contributed by atoms with Crippen molar-refractivity contribution in [2.24, 2.45) is 0 Å². The van der Waals surface area contributed by atoms with Crippen LogP contribution in [-0.2, 0) is 12.4 Å². The molecule has 2 heterocycles. The van der Waals surface area contributed by atoms with E-state index in [4.69, 9.17) is 0 Å². The van der Waals surface area contributed by atoms with Gasteiger partial charge in [0.25, 0.3) is 11.8 Å². The lowest BCUT2D eigenvalue weighted by atomic mass is 10.1. The molecule has 4 nitrogen and oxygen atoms in total. The number of fused-ring (bicyclic) bond motifs is 4. The molecule has 0 atom stereocenters. The molecule has 7 rings (SSSR count). The van der Waals surface area contributed by atoms with Gasteiger partial charge in [0, 0.05) is 10.8 Å². The zero-order chi connectivity index (χ0) is 31.0. The molecule has 44 heavy (non-hydrogen) atoms. The van der Waals surface area contributed by atoms with Gasteiger partial charge < -0.3 is 4.57 Å². The highest BCUT2D eigenvalue weighted by molar-refractivity contribution is 6.35. The maximum atomic E-state index is 13.9. The molecule has 1 aromatic heterocycles. The second-order valence-electron chi connectivity index (χ2n) is 10.4. The molecule has 0 saturated carbocycles. The molecule has 5 aromatic carbocycles. The fourth-order valence-corrected chi connectivity index (χ4v) is 5.75. The number of imide groups is 1. The second kappa shape index (κ2) is 9.57. The van der Waals surface area contributed by atoms with Gasteiger partial charge in [-0.25, -0.2) is 4.90 Å². The fourth-order valence-electron chi connectivity index (χ4n) is 5.75. The van der Waals surface area contributed by atoms with E-state index >= 15 is 0 Å². The Morgan fingerprint density at radius 1 is 0.523 bits per heavy atom. The van der Waals surface area contributed by atoms with Crippen LogP contribution in [0.2, 0.25) is 0 Å². The molecule has 10 heteroatoms. The number of carbonyl (C=O) groups excluding carboxylic acids is 2. The van der Waals surface area contributed by atoms with Crippen molar-refractivity contribution < 1.29 is 35.9 Å². The third kappa shape index (κ3) is 4.24. The molecule has 6 aromatic rings. The smallest absolute Gasteiger partial charge is 0.308 e. The van der Waals surface area contributed by atoms with E-state index in [0.717, 1.165) is 40.3 Å². The first-order valence-corrected chi connectivity index (χ1v) is 13.3. The number of alkyl halides is 6. The van der Waals surface area contributed by atoms with Gasteiger partial charge in [0.05, 0.1) is 44.7 Å². The summed E-state index contributed by atoms with van der Waals surface area (Å²) in [4.78, 5) is 28.5. The molecule has 0 N–H and O–H groups in total. The summed E-state index contributed by atoms with van der Waals surface area (Å²) < 4.78 is 83.8. The Hall–Kier alpha value is -5.38. The monoisotopic (exact) mass is 600 g/mol. The molecule has 0 fully saturated rings. The molecule has 2 amide bonds. The molecule has 218 valence electrons. The van der Waals surface area contributed by atoms with Gasteiger partial charge in [-0.2, -0.15) is 26.3 Å². The Labute approximate surface area is 245 Å². The van der Waals surface area contributed by atoms with E-state index in [9.17, 15) is 35.9 Å². The average Bonchev–Trinajstić information content (AvgIpc) is 3.47. The number of carbonyl (C=O) groups is 2. The van der Waals surface area contributed by atoms with E-state index in [1.165, 1.54) is 34.9 Å². The lowest BCUT2D eigenvalue weighted by molar-refractivity contribution is -0.138. The Kier molecular flexibility index (Phi) is 5.97. The number of benzene rings is 5. The molecule has 0 spiro atoms. The number of rotatable bonds is 3. The Bertz CT molecular complexity index is 2060. The van der Waals surface area contributed by atoms with Crippen molar-refractivity contribution in [1.82, 2.24) is 4.57 Å². The lowest BCUT2D eigenvalue weighted by Gasteiger charge is -2.16. The fraction of sp³-hybridized carbons (Fsp3) is 0.0588. The maximum absolute atomic E-state index is 13.9. The van der Waals surface area contributed by atoms with Crippen molar-refractivity contribution in [3.05, 3.63) is 131 Å². The highest BCUT2D eigenvalue weighted by Crippen LogP contribution is 2.42. The van der Waals surface area contributed by atoms with Crippen molar-refractivity contribution in [3.63, 3.8) is 0 Å². The number of halogens is 6. The van der Waals surface area contributed by atoms with Crippen LogP contribution in [0.1, 0.15) is 31.8 Å². The van der Waals surface area contributed by atoms with Gasteiger partial charge in [0.1, 0.15) is 0 Å². The van der Waals surface area contributed by atoms with E-state index < -0.39 is 35.3 Å². The standard InChI is InChI=1S/C34H18F6N2O2/c35-33(36,37)21-11-15-24-25-16-12-22(34(38,39)40)18-29(25)42(28(24)17-21)27-8-4-7-26-30(27)32(44)41(31(26)43)23-13-9-20(10-14-23)19-5-2-1-3-6-19/h1-18H. The molecule has 0 saturated heterocycles. The minimum Gasteiger partial charge on any atom is -0.308 e. The van der Waals surface area contributed by atoms with E-state index in [0.29, 0.717) is 0 Å². The van der Waals surface area contributed by atoms with Gasteiger partial charge in [-0.05, 0) is 59.7 Å². The Morgan fingerprint density at radius 3 is 1.61 bits per heavy atom. The summed E-state index contributed by atoms with van der Waals surface area (Å²) in [5.41, 5.74) is -0.274. The van der Waals surface area contributed by atoms with Crippen LogP contribution in [0.4, 0.5) is 32.0 Å². The predicted molar refractivity (Wildman–Crippen MR) is 154 cm³/mol. The van der Waals surface area contributed by atoms with E-state index in [1.54, 1.807) is 24.3 Å². The molecule has 0 unspecified atom stereocenters. The minimum absolute atomic E-state index is 0.0112. The number of amides is 2. The minimum atomic E-state index is -4.74. The van der Waals surface area contributed by atoms with E-state index in [-0.39, 0.29) is 44.3 Å². The third-order valence-corrected chi connectivity index (χ3v) is 7.79. The van der Waals surface area contributed by atoms with Crippen LogP contribution in [0, 0.1) is 0 Å². The van der Waals surface area contributed by atoms with Crippen LogP contribution in [0.15, 0.2) is 109 Å². The molecular formula is C34H18F6N2O2. The molecule has 0 radical (unpaired) electrons. The Balaban J connectivity index is 1.43. The van der Waals surface area contributed by atoms with Gasteiger partial charge in [0.15, 0.2) is 0 Å². The third-order valence-electron chi connectivity index (χ3n) is 7.79. The Morgan fingerprint density at radius 2 is 1.07 bits per heavy atom. The van der Waals surface area contributed by atoms with Gasteiger partial charge in [-0.1, -0.05) is 60.7 Å². The average molecular weight is 601 g/mol. The van der Waals surface area contributed by atoms with E-state index in [2.05, 4.69) is 0 Å². The highest BCUT2D eigenvalue weighted by atomic mass is 19.4. The van der Waals surface area contributed by atoms with Crippen LogP contribution in [0.3, 0.4) is 0 Å². The first kappa shape index (κ1) is 27.5. The van der Waals surface area contributed by atoms with Crippen LogP contribution >= 0.6 is 0 Å². The van der Waals surface area contributed by atoms with Crippen molar-refractivity contribution in [1.29, 1.82) is 0 Å². The summed E-state index contributed by atoms with van der Waals surface area (Å²) in [6.45, 7) is 0. The largest absolute Gasteiger partial charge is 0.416 e. The second-order valence-corrected chi connectivity index (χ2v) is 10.4. The van der Waals surface area contributed by atoms with Crippen molar-refractivity contribution in [3.8, 4) is 16.8 Å². The number of nitrogens with zero attached hydrogens (tertiary/aromatic N) is 2. The number of anilines is 1. The zero-order valence-corrected chi connectivity index (χ0v) is 22.4. The first-order valence-electron chi connectivity index (χ1n) is 13.3. The summed E-state index contributed by atoms with van der Waals surface area (Å²) in [7, 11) is 0. The van der Waals surface area contributed by atoms with Crippen LogP contribution in [0.5, 0.6) is 0 Å². The summed E-state index contributed by atoms with van der Waals surface area (Å²) >= 11 is 0. The van der Waals surface area contributed by atoms with Crippen molar-refractivity contribution >= 4 is 39.3 Å². The van der Waals surface area contributed by atoms with E-state index in [1.807, 2.05) is 30.3 Å². The van der Waals surface area contributed by atoms with Crippen LogP contribution < -0.4 is 4.90 Å². The summed E-state index contributed by atoms with van der Waals surface area (Å²) in [5, 5.41) is 0.508. The first-order chi connectivity index (χ1) is 20.9. The van der Waals surface area contributed by atoms with Gasteiger partial charge >= 0.3 is 12.4 Å². The van der Waals surface area contributed by atoms with Crippen molar-refractivity contribution in [2.75, 3.05) is 4.90 Å². The van der Waals surface area contributed by atoms with Gasteiger partial charge in [-0.15, -0.1) is 0 Å².